The molecule has 0 fully saturated rings. The van der Waals surface area contributed by atoms with Crippen LogP contribution in [0.15, 0.2) is 24.4 Å². The molecule has 0 aliphatic carbocycles. The molecule has 0 saturated carbocycles. The maximum Gasteiger partial charge on any atom is 0.248 e. The number of ether oxygens (including phenoxy) is 2. The van der Waals surface area contributed by atoms with Gasteiger partial charge in [-0.25, -0.2) is 4.98 Å². The van der Waals surface area contributed by atoms with Crippen LogP contribution in [-0.2, 0) is 4.79 Å². The van der Waals surface area contributed by atoms with Crippen molar-refractivity contribution in [2.75, 3.05) is 26.1 Å². The first-order valence-electron chi connectivity index (χ1n) is 6.28. The molecule has 2 rings (SSSR count). The second-order valence-corrected chi connectivity index (χ2v) is 4.39. The summed E-state index contributed by atoms with van der Waals surface area (Å²) >= 11 is 0. The van der Waals surface area contributed by atoms with E-state index >= 15 is 0 Å². The minimum absolute atomic E-state index is 0.0181. The summed E-state index contributed by atoms with van der Waals surface area (Å²) in [6.45, 7) is -0.0181. The minimum Gasteiger partial charge on any atom is -0.493 e. The summed E-state index contributed by atoms with van der Waals surface area (Å²) in [6, 6.07) is 5.43. The molecule has 21 heavy (non-hydrogen) atoms. The Bertz CT molecular complexity index is 660. The molecule has 1 aromatic heterocycles. The summed E-state index contributed by atoms with van der Waals surface area (Å²) in [7, 11) is 3.11. The molecule has 1 unspecified atom stereocenters. The van der Waals surface area contributed by atoms with Crippen LogP contribution < -0.4 is 20.5 Å². The monoisotopic (exact) mass is 291 g/mol. The van der Waals surface area contributed by atoms with Crippen molar-refractivity contribution >= 4 is 22.5 Å². The second kappa shape index (κ2) is 6.27. The molecule has 0 saturated heterocycles. The van der Waals surface area contributed by atoms with Gasteiger partial charge in [-0.15, -0.1) is 0 Å². The molecule has 7 heteroatoms. The fourth-order valence-electron chi connectivity index (χ4n) is 1.93. The van der Waals surface area contributed by atoms with Crippen LogP contribution in [0, 0.1) is 0 Å². The number of nitrogens with one attached hydrogen (secondary N) is 1. The first-order chi connectivity index (χ1) is 10.1. The Morgan fingerprint density at radius 1 is 1.38 bits per heavy atom. The zero-order valence-electron chi connectivity index (χ0n) is 11.8. The van der Waals surface area contributed by atoms with Crippen molar-refractivity contribution in [2.24, 2.45) is 5.73 Å². The van der Waals surface area contributed by atoms with E-state index in [1.54, 1.807) is 26.5 Å². The zero-order valence-corrected chi connectivity index (χ0v) is 11.8. The van der Waals surface area contributed by atoms with Gasteiger partial charge in [0.05, 0.1) is 20.8 Å². The lowest BCUT2D eigenvalue weighted by Crippen LogP contribution is -2.34. The number of pyridine rings is 1. The number of fused-ring (bicyclic) bond motifs is 1. The zero-order chi connectivity index (χ0) is 15.4. The fourth-order valence-corrected chi connectivity index (χ4v) is 1.93. The molecule has 0 bridgehead atoms. The molecule has 2 aromatic rings. The van der Waals surface area contributed by atoms with E-state index in [2.05, 4.69) is 10.3 Å². The molecule has 0 spiro atoms. The molecule has 0 radical (unpaired) electrons. The standard InChI is InChI=1S/C14H17N3O4/c1-20-11-5-8-3-4-16-14(9(8)6-12(11)21-2)17-7-10(18)13(15)19/h3-6,10,18H,7H2,1-2H3,(H2,15,19)(H,16,17). The van der Waals surface area contributed by atoms with Crippen LogP contribution >= 0.6 is 0 Å². The number of nitrogens with zero attached hydrogens (tertiary/aromatic N) is 1. The van der Waals surface area contributed by atoms with Gasteiger partial charge in [-0.3, -0.25) is 4.79 Å². The number of methoxy groups -OCH3 is 2. The number of nitrogens with two attached hydrogens (primary N) is 1. The van der Waals surface area contributed by atoms with Crippen molar-refractivity contribution in [3.05, 3.63) is 24.4 Å². The van der Waals surface area contributed by atoms with Crippen molar-refractivity contribution < 1.29 is 19.4 Å². The van der Waals surface area contributed by atoms with Gasteiger partial charge in [0.15, 0.2) is 11.5 Å². The summed E-state index contributed by atoms with van der Waals surface area (Å²) in [6.07, 6.45) is 0.343. The molecule has 112 valence electrons. The number of aliphatic hydroxyl groups excluding tert-OH is 1. The first kappa shape index (κ1) is 14.9. The van der Waals surface area contributed by atoms with Crippen LogP contribution in [0.2, 0.25) is 0 Å². The number of carbonyl (C=O) groups excluding carboxylic acids is 1. The van der Waals surface area contributed by atoms with Crippen molar-refractivity contribution in [1.82, 2.24) is 4.98 Å². The second-order valence-electron chi connectivity index (χ2n) is 4.39. The van der Waals surface area contributed by atoms with Gasteiger partial charge in [0, 0.05) is 11.6 Å². The van der Waals surface area contributed by atoms with Crippen LogP contribution in [0.5, 0.6) is 11.5 Å². The van der Waals surface area contributed by atoms with E-state index in [0.29, 0.717) is 17.3 Å². The van der Waals surface area contributed by atoms with Gasteiger partial charge < -0.3 is 25.6 Å². The quantitative estimate of drug-likeness (QED) is 0.716. The minimum atomic E-state index is -1.28. The third-order valence-electron chi connectivity index (χ3n) is 3.06. The van der Waals surface area contributed by atoms with Crippen LogP contribution in [0.1, 0.15) is 0 Å². The van der Waals surface area contributed by atoms with Crippen LogP contribution in [0.4, 0.5) is 5.82 Å². The number of anilines is 1. The number of hydrogen-bond acceptors (Lipinski definition) is 6. The Morgan fingerprint density at radius 3 is 2.67 bits per heavy atom. The molecule has 1 amide bonds. The highest BCUT2D eigenvalue weighted by Gasteiger charge is 2.13. The lowest BCUT2D eigenvalue weighted by atomic mass is 10.1. The highest BCUT2D eigenvalue weighted by molar-refractivity contribution is 5.94. The van der Waals surface area contributed by atoms with E-state index < -0.39 is 12.0 Å². The smallest absolute Gasteiger partial charge is 0.248 e. The molecule has 0 aliphatic rings. The lowest BCUT2D eigenvalue weighted by Gasteiger charge is -2.13. The molecule has 1 aromatic carbocycles. The number of hydrogen-bond donors (Lipinski definition) is 3. The van der Waals surface area contributed by atoms with Gasteiger partial charge in [0.25, 0.3) is 0 Å². The average molecular weight is 291 g/mol. The number of carbonyl (C=O) groups is 1. The first-order valence-corrected chi connectivity index (χ1v) is 6.28. The molecular weight excluding hydrogens is 274 g/mol. The van der Waals surface area contributed by atoms with Gasteiger partial charge in [0.2, 0.25) is 5.91 Å². The van der Waals surface area contributed by atoms with E-state index in [9.17, 15) is 9.90 Å². The number of amides is 1. The fraction of sp³-hybridized carbons (Fsp3) is 0.286. The summed E-state index contributed by atoms with van der Waals surface area (Å²) in [4.78, 5) is 15.0. The number of benzene rings is 1. The normalized spacial score (nSPS) is 12.0. The molecule has 1 atom stereocenters. The van der Waals surface area contributed by atoms with Crippen molar-refractivity contribution in [3.8, 4) is 11.5 Å². The Balaban J connectivity index is 2.38. The highest BCUT2D eigenvalue weighted by Crippen LogP contribution is 2.34. The van der Waals surface area contributed by atoms with Gasteiger partial charge in [-0.05, 0) is 23.6 Å². The molecular formula is C14H17N3O4. The number of aromatic nitrogens is 1. The Labute approximate surface area is 121 Å². The predicted molar refractivity (Wildman–Crippen MR) is 78.5 cm³/mol. The lowest BCUT2D eigenvalue weighted by molar-refractivity contribution is -0.125. The van der Waals surface area contributed by atoms with Crippen LogP contribution in [0.25, 0.3) is 10.8 Å². The maximum absolute atomic E-state index is 10.8. The Morgan fingerprint density at radius 2 is 2.05 bits per heavy atom. The van der Waals surface area contributed by atoms with Crippen molar-refractivity contribution in [3.63, 3.8) is 0 Å². The summed E-state index contributed by atoms with van der Waals surface area (Å²) in [5.74, 6) is 0.909. The Hall–Kier alpha value is -2.54. The SMILES string of the molecule is COc1cc2ccnc(NCC(O)C(N)=O)c2cc1OC. The summed E-state index contributed by atoms with van der Waals surface area (Å²) < 4.78 is 10.5. The van der Waals surface area contributed by atoms with Crippen molar-refractivity contribution in [1.29, 1.82) is 0 Å². The third kappa shape index (κ3) is 3.14. The van der Waals surface area contributed by atoms with E-state index in [0.717, 1.165) is 10.8 Å². The summed E-state index contributed by atoms with van der Waals surface area (Å²) in [5.41, 5.74) is 5.01. The molecule has 0 aliphatic heterocycles. The number of aliphatic hydroxyl groups is 1. The van der Waals surface area contributed by atoms with Gasteiger partial charge in [-0.1, -0.05) is 0 Å². The van der Waals surface area contributed by atoms with E-state index in [1.165, 1.54) is 0 Å². The Kier molecular flexibility index (Phi) is 4.44. The summed E-state index contributed by atoms with van der Waals surface area (Å²) in [5, 5.41) is 14.0. The van der Waals surface area contributed by atoms with Crippen LogP contribution in [-0.4, -0.2) is 42.9 Å². The average Bonchev–Trinajstić information content (AvgIpc) is 2.50. The number of rotatable bonds is 6. The van der Waals surface area contributed by atoms with E-state index in [-0.39, 0.29) is 6.54 Å². The van der Waals surface area contributed by atoms with Crippen LogP contribution in [0.3, 0.4) is 0 Å². The van der Waals surface area contributed by atoms with E-state index in [4.69, 9.17) is 15.2 Å². The van der Waals surface area contributed by atoms with Crippen molar-refractivity contribution in [2.45, 2.75) is 6.10 Å². The van der Waals surface area contributed by atoms with Gasteiger partial charge >= 0.3 is 0 Å². The predicted octanol–water partition coefficient (Wildman–Crippen LogP) is 0.510. The van der Waals surface area contributed by atoms with Gasteiger partial charge in [-0.2, -0.15) is 0 Å². The number of primary amides is 1. The van der Waals surface area contributed by atoms with Gasteiger partial charge in [0.1, 0.15) is 11.9 Å². The molecule has 7 nitrogen and oxygen atoms in total. The third-order valence-corrected chi connectivity index (χ3v) is 3.06. The van der Waals surface area contributed by atoms with E-state index in [1.807, 2.05) is 12.1 Å². The molecule has 1 heterocycles. The highest BCUT2D eigenvalue weighted by atomic mass is 16.5. The molecule has 4 N–H and O–H groups in total. The largest absolute Gasteiger partial charge is 0.493 e. The topological polar surface area (TPSA) is 107 Å². The maximum atomic E-state index is 10.8.